The minimum Gasteiger partial charge on any atom is -0.485 e. The van der Waals surface area contributed by atoms with Crippen molar-refractivity contribution in [3.05, 3.63) is 68.4 Å². The largest absolute Gasteiger partial charge is 0.485 e. The minimum atomic E-state index is -0.563. The molecule has 0 spiro atoms. The summed E-state index contributed by atoms with van der Waals surface area (Å²) in [5, 5.41) is 7.50. The standard InChI is InChI=1S/C14H9Cl2FN4O3/c15-10-5-18-21(14(22)13(10)16)6-12-19-11(20-24-12)7-23-9-3-1-8(17)2-4-9/h1-5H,6-7H2. The van der Waals surface area contributed by atoms with Gasteiger partial charge in [-0.3, -0.25) is 4.79 Å². The maximum absolute atomic E-state index is 12.8. The smallest absolute Gasteiger partial charge is 0.287 e. The van der Waals surface area contributed by atoms with E-state index in [2.05, 4.69) is 15.2 Å². The molecular formula is C14H9Cl2FN4O3. The number of rotatable bonds is 5. The third-order valence-electron chi connectivity index (χ3n) is 2.92. The molecule has 0 aliphatic rings. The fourth-order valence-electron chi connectivity index (χ4n) is 1.78. The molecule has 2 aromatic heterocycles. The summed E-state index contributed by atoms with van der Waals surface area (Å²) in [6.45, 7) is -0.0297. The van der Waals surface area contributed by atoms with Gasteiger partial charge in [0.05, 0.1) is 11.2 Å². The first kappa shape index (κ1) is 16.4. The minimum absolute atomic E-state index is 0.0266. The van der Waals surface area contributed by atoms with Gasteiger partial charge in [-0.2, -0.15) is 10.1 Å². The Hall–Kier alpha value is -2.45. The van der Waals surface area contributed by atoms with E-state index in [0.717, 1.165) is 4.68 Å². The van der Waals surface area contributed by atoms with Crippen LogP contribution in [0.3, 0.4) is 0 Å². The predicted octanol–water partition coefficient (Wildman–Crippen LogP) is 2.70. The zero-order valence-corrected chi connectivity index (χ0v) is 13.5. The van der Waals surface area contributed by atoms with E-state index in [1.165, 1.54) is 30.5 Å². The van der Waals surface area contributed by atoms with Crippen molar-refractivity contribution in [3.8, 4) is 5.75 Å². The summed E-state index contributed by atoms with van der Waals surface area (Å²) in [5.41, 5.74) is -0.563. The maximum atomic E-state index is 12.8. The first-order valence-electron chi connectivity index (χ1n) is 6.64. The summed E-state index contributed by atoms with van der Waals surface area (Å²) < 4.78 is 24.3. The van der Waals surface area contributed by atoms with Crippen LogP contribution >= 0.6 is 23.2 Å². The van der Waals surface area contributed by atoms with E-state index in [4.69, 9.17) is 32.5 Å². The van der Waals surface area contributed by atoms with Gasteiger partial charge in [-0.15, -0.1) is 0 Å². The van der Waals surface area contributed by atoms with Crippen molar-refractivity contribution in [2.24, 2.45) is 0 Å². The first-order chi connectivity index (χ1) is 11.5. The second-order valence-electron chi connectivity index (χ2n) is 4.62. The van der Waals surface area contributed by atoms with Crippen LogP contribution in [0.25, 0.3) is 0 Å². The van der Waals surface area contributed by atoms with Crippen LogP contribution in [0.5, 0.6) is 5.75 Å². The molecule has 0 saturated heterocycles. The van der Waals surface area contributed by atoms with Crippen molar-refractivity contribution in [3.63, 3.8) is 0 Å². The van der Waals surface area contributed by atoms with E-state index in [1.807, 2.05) is 0 Å². The SMILES string of the molecule is O=c1c(Cl)c(Cl)cnn1Cc1nc(COc2ccc(F)cc2)no1. The molecule has 2 heterocycles. The molecule has 0 aliphatic heterocycles. The number of nitrogens with zero attached hydrogens (tertiary/aromatic N) is 4. The maximum Gasteiger partial charge on any atom is 0.287 e. The molecule has 0 aliphatic carbocycles. The van der Waals surface area contributed by atoms with Crippen molar-refractivity contribution in [1.82, 2.24) is 19.9 Å². The summed E-state index contributed by atoms with van der Waals surface area (Å²) in [7, 11) is 0. The van der Waals surface area contributed by atoms with Gasteiger partial charge in [0, 0.05) is 0 Å². The molecule has 1 aromatic carbocycles. The number of halogens is 3. The number of hydrogen-bond donors (Lipinski definition) is 0. The third-order valence-corrected chi connectivity index (χ3v) is 3.67. The Morgan fingerprint density at radius 1 is 1.25 bits per heavy atom. The second kappa shape index (κ2) is 6.98. The van der Waals surface area contributed by atoms with Gasteiger partial charge in [0.25, 0.3) is 5.56 Å². The van der Waals surface area contributed by atoms with E-state index in [1.54, 1.807) is 0 Å². The summed E-state index contributed by atoms with van der Waals surface area (Å²) in [4.78, 5) is 16.0. The van der Waals surface area contributed by atoms with Gasteiger partial charge in [-0.1, -0.05) is 28.4 Å². The van der Waals surface area contributed by atoms with Crippen LogP contribution in [-0.2, 0) is 13.2 Å². The Bertz CT molecular complexity index is 911. The van der Waals surface area contributed by atoms with Crippen molar-refractivity contribution >= 4 is 23.2 Å². The lowest BCUT2D eigenvalue weighted by molar-refractivity contribution is 0.284. The average molecular weight is 371 g/mol. The molecule has 124 valence electrons. The van der Waals surface area contributed by atoms with E-state index in [-0.39, 0.29) is 40.7 Å². The molecule has 0 bridgehead atoms. The van der Waals surface area contributed by atoms with E-state index in [9.17, 15) is 9.18 Å². The summed E-state index contributed by atoms with van der Waals surface area (Å²) in [6, 6.07) is 5.52. The fourth-order valence-corrected chi connectivity index (χ4v) is 2.05. The second-order valence-corrected chi connectivity index (χ2v) is 5.40. The Kier molecular flexibility index (Phi) is 4.77. The van der Waals surface area contributed by atoms with Gasteiger partial charge < -0.3 is 9.26 Å². The van der Waals surface area contributed by atoms with Crippen LogP contribution in [0.1, 0.15) is 11.7 Å². The van der Waals surface area contributed by atoms with Gasteiger partial charge in [-0.25, -0.2) is 9.07 Å². The van der Waals surface area contributed by atoms with Crippen molar-refractivity contribution < 1.29 is 13.7 Å². The molecule has 3 rings (SSSR count). The monoisotopic (exact) mass is 370 g/mol. The highest BCUT2D eigenvalue weighted by Crippen LogP contribution is 2.15. The molecule has 10 heteroatoms. The van der Waals surface area contributed by atoms with Crippen LogP contribution in [-0.4, -0.2) is 19.9 Å². The Balaban J connectivity index is 1.66. The predicted molar refractivity (Wildman–Crippen MR) is 82.6 cm³/mol. The lowest BCUT2D eigenvalue weighted by Gasteiger charge is -2.02. The molecule has 24 heavy (non-hydrogen) atoms. The van der Waals surface area contributed by atoms with Gasteiger partial charge >= 0.3 is 0 Å². The zero-order valence-electron chi connectivity index (χ0n) is 11.9. The average Bonchev–Trinajstić information content (AvgIpc) is 3.02. The molecule has 0 amide bonds. The molecule has 7 nitrogen and oxygen atoms in total. The molecule has 3 aromatic rings. The van der Waals surface area contributed by atoms with Crippen LogP contribution in [0, 0.1) is 5.82 Å². The van der Waals surface area contributed by atoms with Crippen molar-refractivity contribution in [2.45, 2.75) is 13.2 Å². The number of aromatic nitrogens is 4. The van der Waals surface area contributed by atoms with Crippen molar-refractivity contribution in [1.29, 1.82) is 0 Å². The highest BCUT2D eigenvalue weighted by molar-refractivity contribution is 6.41. The van der Waals surface area contributed by atoms with E-state index < -0.39 is 5.56 Å². The lowest BCUT2D eigenvalue weighted by atomic mass is 10.3. The van der Waals surface area contributed by atoms with Crippen LogP contribution in [0.2, 0.25) is 10.0 Å². The molecule has 0 atom stereocenters. The topological polar surface area (TPSA) is 83.0 Å². The van der Waals surface area contributed by atoms with Gasteiger partial charge in [-0.05, 0) is 24.3 Å². The third kappa shape index (κ3) is 3.72. The lowest BCUT2D eigenvalue weighted by Crippen LogP contribution is -2.23. The van der Waals surface area contributed by atoms with Crippen LogP contribution in [0.4, 0.5) is 4.39 Å². The quantitative estimate of drug-likeness (QED) is 0.686. The molecule has 0 radical (unpaired) electrons. The fraction of sp³-hybridized carbons (Fsp3) is 0.143. The molecule has 0 fully saturated rings. The Morgan fingerprint density at radius 3 is 2.75 bits per heavy atom. The normalized spacial score (nSPS) is 10.8. The zero-order chi connectivity index (χ0) is 17.1. The summed E-state index contributed by atoms with van der Waals surface area (Å²) in [6.07, 6.45) is 1.25. The van der Waals surface area contributed by atoms with E-state index >= 15 is 0 Å². The van der Waals surface area contributed by atoms with Gasteiger partial charge in [0.1, 0.15) is 23.1 Å². The molecule has 0 saturated carbocycles. The van der Waals surface area contributed by atoms with Gasteiger partial charge in [0.15, 0.2) is 6.61 Å². The summed E-state index contributed by atoms with van der Waals surface area (Å²) >= 11 is 11.5. The number of benzene rings is 1. The highest BCUT2D eigenvalue weighted by atomic mass is 35.5. The molecule has 0 N–H and O–H groups in total. The Morgan fingerprint density at radius 2 is 2.00 bits per heavy atom. The Labute approximate surface area is 144 Å². The van der Waals surface area contributed by atoms with Crippen molar-refractivity contribution in [2.75, 3.05) is 0 Å². The molecular weight excluding hydrogens is 362 g/mol. The summed E-state index contributed by atoms with van der Waals surface area (Å²) in [5.74, 6) is 0.525. The molecule has 0 unspecified atom stereocenters. The number of ether oxygens (including phenoxy) is 1. The van der Waals surface area contributed by atoms with Crippen LogP contribution < -0.4 is 10.3 Å². The first-order valence-corrected chi connectivity index (χ1v) is 7.39. The van der Waals surface area contributed by atoms with Gasteiger partial charge in [0.2, 0.25) is 11.7 Å². The van der Waals surface area contributed by atoms with E-state index in [0.29, 0.717) is 5.75 Å². The van der Waals surface area contributed by atoms with Crippen LogP contribution in [0.15, 0.2) is 39.8 Å². The number of hydrogen-bond acceptors (Lipinski definition) is 6. The highest BCUT2D eigenvalue weighted by Gasteiger charge is 2.12.